The summed E-state index contributed by atoms with van der Waals surface area (Å²) in [6.45, 7) is 0.284. The molecular weight excluding hydrogens is 380 g/mol. The first-order chi connectivity index (χ1) is 14.7. The van der Waals surface area contributed by atoms with Crippen LogP contribution < -0.4 is 10.1 Å². The molecule has 0 atom stereocenters. The van der Waals surface area contributed by atoms with Gasteiger partial charge in [0.2, 0.25) is 11.7 Å². The summed E-state index contributed by atoms with van der Waals surface area (Å²) in [5, 5.41) is 7.09. The van der Waals surface area contributed by atoms with E-state index in [0.29, 0.717) is 11.7 Å². The molecule has 0 bridgehead atoms. The number of methoxy groups -OCH3 is 1. The highest BCUT2D eigenvalue weighted by Crippen LogP contribution is 2.26. The third-order valence-electron chi connectivity index (χ3n) is 5.42. The molecule has 0 aliphatic heterocycles. The van der Waals surface area contributed by atoms with Gasteiger partial charge in [-0.3, -0.25) is 0 Å². The van der Waals surface area contributed by atoms with Gasteiger partial charge in [-0.05, 0) is 49.2 Å². The van der Waals surface area contributed by atoms with Gasteiger partial charge in [0.25, 0.3) is 0 Å². The smallest absolute Gasteiger partial charge is 0.322 e. The molecule has 7 heteroatoms. The number of benzene rings is 2. The molecule has 156 valence electrons. The average Bonchev–Trinajstić information content (AvgIpc) is 3.27. The first-order valence-corrected chi connectivity index (χ1v) is 10.3. The van der Waals surface area contributed by atoms with Gasteiger partial charge < -0.3 is 19.5 Å². The van der Waals surface area contributed by atoms with Gasteiger partial charge in [-0.1, -0.05) is 42.6 Å². The molecule has 2 aromatic carbocycles. The zero-order valence-corrected chi connectivity index (χ0v) is 17.1. The van der Waals surface area contributed by atoms with Crippen LogP contribution in [0.2, 0.25) is 0 Å². The molecule has 0 saturated heterocycles. The van der Waals surface area contributed by atoms with Crippen molar-refractivity contribution >= 4 is 11.7 Å². The van der Waals surface area contributed by atoms with Gasteiger partial charge in [0.1, 0.15) is 12.3 Å². The molecule has 30 heavy (non-hydrogen) atoms. The average molecular weight is 406 g/mol. The number of para-hydroxylation sites is 1. The van der Waals surface area contributed by atoms with Gasteiger partial charge in [0.15, 0.2) is 0 Å². The zero-order chi connectivity index (χ0) is 20.8. The van der Waals surface area contributed by atoms with Crippen molar-refractivity contribution in [2.45, 2.75) is 44.7 Å². The maximum absolute atomic E-state index is 13.1. The zero-order valence-electron chi connectivity index (χ0n) is 17.1. The molecule has 7 nitrogen and oxygen atoms in total. The third-order valence-corrected chi connectivity index (χ3v) is 5.42. The summed E-state index contributed by atoms with van der Waals surface area (Å²) >= 11 is 0. The van der Waals surface area contributed by atoms with Crippen LogP contribution in [0.15, 0.2) is 59.1 Å². The lowest BCUT2D eigenvalue weighted by Crippen LogP contribution is -2.43. The maximum Gasteiger partial charge on any atom is 0.322 e. The lowest BCUT2D eigenvalue weighted by atomic mass is 9.94. The number of hydrogen-bond donors (Lipinski definition) is 1. The van der Waals surface area contributed by atoms with Gasteiger partial charge in [-0.15, -0.1) is 0 Å². The standard InChI is InChI=1S/C23H26N4O3/c1-29-20-14-12-17(13-15-20)22-25-21(30-26-22)16-27(19-10-6-3-7-11-19)23(28)24-18-8-4-2-5-9-18/h2,4-5,8-9,12-15,19H,3,6-7,10-11,16H2,1H3,(H,24,28). The van der Waals surface area contributed by atoms with Crippen LogP contribution in [-0.2, 0) is 6.54 Å². The van der Waals surface area contributed by atoms with E-state index in [1.165, 1.54) is 6.42 Å². The van der Waals surface area contributed by atoms with Crippen molar-refractivity contribution in [2.75, 3.05) is 12.4 Å². The second kappa shape index (κ2) is 9.43. The summed E-state index contributed by atoms with van der Waals surface area (Å²) < 4.78 is 10.7. The van der Waals surface area contributed by atoms with Crippen LogP contribution in [0.4, 0.5) is 10.5 Å². The van der Waals surface area contributed by atoms with Crippen LogP contribution in [0.3, 0.4) is 0 Å². The van der Waals surface area contributed by atoms with E-state index in [1.54, 1.807) is 7.11 Å². The van der Waals surface area contributed by atoms with Crippen molar-refractivity contribution in [2.24, 2.45) is 0 Å². The Labute approximate surface area is 176 Å². The van der Waals surface area contributed by atoms with Crippen LogP contribution in [0.5, 0.6) is 5.75 Å². The molecule has 1 aliphatic carbocycles. The fraction of sp³-hybridized carbons (Fsp3) is 0.348. The molecule has 1 N–H and O–H groups in total. The minimum atomic E-state index is -0.141. The molecule has 1 saturated carbocycles. The minimum absolute atomic E-state index is 0.141. The number of carbonyl (C=O) groups excluding carboxylic acids is 1. The number of anilines is 1. The van der Waals surface area contributed by atoms with Crippen molar-refractivity contribution in [3.63, 3.8) is 0 Å². The fourth-order valence-electron chi connectivity index (χ4n) is 3.80. The predicted molar refractivity (Wildman–Crippen MR) is 114 cm³/mol. The Bertz CT molecular complexity index is 950. The summed E-state index contributed by atoms with van der Waals surface area (Å²) in [6, 6.07) is 17.0. The molecule has 0 spiro atoms. The molecular formula is C23H26N4O3. The number of aromatic nitrogens is 2. The van der Waals surface area contributed by atoms with Gasteiger partial charge in [0, 0.05) is 17.3 Å². The molecule has 0 unspecified atom stereocenters. The molecule has 1 aliphatic rings. The summed E-state index contributed by atoms with van der Waals surface area (Å²) in [7, 11) is 1.63. The Hall–Kier alpha value is -3.35. The number of hydrogen-bond acceptors (Lipinski definition) is 5. The summed E-state index contributed by atoms with van der Waals surface area (Å²) in [5.74, 6) is 1.69. The molecule has 1 aromatic heterocycles. The Morgan fingerprint density at radius 3 is 2.53 bits per heavy atom. The fourth-order valence-corrected chi connectivity index (χ4v) is 3.80. The number of carbonyl (C=O) groups is 1. The van der Waals surface area contributed by atoms with E-state index >= 15 is 0 Å². The monoisotopic (exact) mass is 406 g/mol. The van der Waals surface area contributed by atoms with Crippen molar-refractivity contribution in [1.29, 1.82) is 0 Å². The van der Waals surface area contributed by atoms with Crippen LogP contribution >= 0.6 is 0 Å². The van der Waals surface area contributed by atoms with Gasteiger partial charge >= 0.3 is 6.03 Å². The van der Waals surface area contributed by atoms with Gasteiger partial charge in [-0.2, -0.15) is 4.98 Å². The van der Waals surface area contributed by atoms with E-state index < -0.39 is 0 Å². The second-order valence-electron chi connectivity index (χ2n) is 7.46. The Morgan fingerprint density at radius 2 is 1.83 bits per heavy atom. The van der Waals surface area contributed by atoms with E-state index in [9.17, 15) is 4.79 Å². The summed E-state index contributed by atoms with van der Waals surface area (Å²) in [5.41, 5.74) is 1.61. The number of urea groups is 1. The third kappa shape index (κ3) is 4.79. The minimum Gasteiger partial charge on any atom is -0.497 e. The largest absolute Gasteiger partial charge is 0.497 e. The molecule has 0 radical (unpaired) electrons. The quantitative estimate of drug-likeness (QED) is 0.615. The van der Waals surface area contributed by atoms with Crippen LogP contribution in [0, 0.1) is 0 Å². The van der Waals surface area contributed by atoms with Crippen LogP contribution in [0.25, 0.3) is 11.4 Å². The lowest BCUT2D eigenvalue weighted by Gasteiger charge is -2.33. The predicted octanol–water partition coefficient (Wildman–Crippen LogP) is 5.11. The van der Waals surface area contributed by atoms with Crippen LogP contribution in [0.1, 0.15) is 38.0 Å². The number of nitrogens with one attached hydrogen (secondary N) is 1. The molecule has 1 fully saturated rings. The summed E-state index contributed by atoms with van der Waals surface area (Å²) in [6.07, 6.45) is 5.44. The molecule has 4 rings (SSSR count). The Kier molecular flexibility index (Phi) is 6.27. The molecule has 3 aromatic rings. The van der Waals surface area contributed by atoms with Crippen LogP contribution in [-0.4, -0.2) is 34.2 Å². The van der Waals surface area contributed by atoms with Gasteiger partial charge in [-0.25, -0.2) is 4.79 Å². The number of nitrogens with zero attached hydrogens (tertiary/aromatic N) is 3. The van der Waals surface area contributed by atoms with E-state index in [4.69, 9.17) is 9.26 Å². The second-order valence-corrected chi connectivity index (χ2v) is 7.46. The maximum atomic E-state index is 13.1. The molecule has 2 amide bonds. The van der Waals surface area contributed by atoms with E-state index in [0.717, 1.165) is 42.7 Å². The Balaban J connectivity index is 1.51. The molecule has 1 heterocycles. The number of rotatable bonds is 6. The first kappa shape index (κ1) is 19.9. The topological polar surface area (TPSA) is 80.5 Å². The van der Waals surface area contributed by atoms with E-state index in [1.807, 2.05) is 59.5 Å². The lowest BCUT2D eigenvalue weighted by molar-refractivity contribution is 0.151. The van der Waals surface area contributed by atoms with Crippen molar-refractivity contribution < 1.29 is 14.1 Å². The van der Waals surface area contributed by atoms with Crippen molar-refractivity contribution in [3.05, 3.63) is 60.5 Å². The first-order valence-electron chi connectivity index (χ1n) is 10.3. The van der Waals surface area contributed by atoms with Gasteiger partial charge in [0.05, 0.1) is 7.11 Å². The summed E-state index contributed by atoms with van der Waals surface area (Å²) in [4.78, 5) is 19.4. The highest BCUT2D eigenvalue weighted by molar-refractivity contribution is 5.89. The highest BCUT2D eigenvalue weighted by atomic mass is 16.5. The number of amides is 2. The van der Waals surface area contributed by atoms with Crippen molar-refractivity contribution in [1.82, 2.24) is 15.0 Å². The van der Waals surface area contributed by atoms with Crippen molar-refractivity contribution in [3.8, 4) is 17.1 Å². The SMILES string of the molecule is COc1ccc(-c2noc(CN(C(=O)Nc3ccccc3)C3CCCCC3)n2)cc1. The van der Waals surface area contributed by atoms with E-state index in [2.05, 4.69) is 15.5 Å². The number of ether oxygens (including phenoxy) is 1. The van der Waals surface area contributed by atoms with E-state index in [-0.39, 0.29) is 18.6 Å². The highest BCUT2D eigenvalue weighted by Gasteiger charge is 2.27. The normalized spacial score (nSPS) is 14.3. The Morgan fingerprint density at radius 1 is 1.10 bits per heavy atom.